The minimum Gasteiger partial charge on any atom is -0.489 e. The first-order valence-corrected chi connectivity index (χ1v) is 7.36. The maximum Gasteiger partial charge on any atom is 0.120 e. The van der Waals surface area contributed by atoms with Gasteiger partial charge in [-0.25, -0.2) is 0 Å². The van der Waals surface area contributed by atoms with Gasteiger partial charge in [-0.2, -0.15) is 0 Å². The van der Waals surface area contributed by atoms with E-state index < -0.39 is 0 Å². The third-order valence-electron chi connectivity index (χ3n) is 4.11. The summed E-state index contributed by atoms with van der Waals surface area (Å²) in [4.78, 5) is 0. The Morgan fingerprint density at radius 1 is 1.09 bits per heavy atom. The van der Waals surface area contributed by atoms with E-state index in [2.05, 4.69) is 34.0 Å². The lowest BCUT2D eigenvalue weighted by atomic mass is 10.2. The van der Waals surface area contributed by atoms with Crippen LogP contribution in [0.3, 0.4) is 0 Å². The Balaban J connectivity index is 1.62. The lowest BCUT2D eigenvalue weighted by Gasteiger charge is -2.07. The largest absolute Gasteiger partial charge is 0.489 e. The number of rotatable bonds is 3. The molecule has 0 bridgehead atoms. The number of fused-ring (bicyclic) bond motifs is 3. The molecule has 1 N–H and O–H groups in total. The molecular weight excluding hydrogens is 276 g/mol. The lowest BCUT2D eigenvalue weighted by Crippen LogP contribution is -1.95. The second-order valence-corrected chi connectivity index (χ2v) is 5.47. The van der Waals surface area contributed by atoms with Crippen molar-refractivity contribution >= 4 is 16.6 Å². The van der Waals surface area contributed by atoms with Crippen LogP contribution in [-0.2, 0) is 13.2 Å². The summed E-state index contributed by atoms with van der Waals surface area (Å²) in [7, 11) is 0. The average Bonchev–Trinajstić information content (AvgIpc) is 3.12. The molecule has 0 saturated heterocycles. The van der Waals surface area contributed by atoms with Crippen molar-refractivity contribution in [3.05, 3.63) is 65.9 Å². The number of ether oxygens (including phenoxy) is 1. The Labute approximate surface area is 128 Å². The third kappa shape index (κ3) is 2.13. The van der Waals surface area contributed by atoms with Crippen LogP contribution in [0.2, 0.25) is 0 Å². The van der Waals surface area contributed by atoms with Crippen molar-refractivity contribution in [3.8, 4) is 5.75 Å². The molecular formula is C18H16N2O2. The van der Waals surface area contributed by atoms with Crippen molar-refractivity contribution in [1.82, 2.24) is 4.57 Å². The number of benzene rings is 2. The Morgan fingerprint density at radius 2 is 1.95 bits per heavy atom. The van der Waals surface area contributed by atoms with Gasteiger partial charge in [0.2, 0.25) is 0 Å². The quantitative estimate of drug-likeness (QED) is 0.589. The van der Waals surface area contributed by atoms with Gasteiger partial charge < -0.3 is 14.5 Å². The highest BCUT2D eigenvalue weighted by atomic mass is 16.5. The molecule has 3 aromatic rings. The maximum absolute atomic E-state index is 9.05. The van der Waals surface area contributed by atoms with Crippen molar-refractivity contribution in [1.29, 1.82) is 0 Å². The van der Waals surface area contributed by atoms with E-state index in [4.69, 9.17) is 9.94 Å². The van der Waals surface area contributed by atoms with Crippen LogP contribution in [0.25, 0.3) is 10.9 Å². The summed E-state index contributed by atoms with van der Waals surface area (Å²) < 4.78 is 8.05. The molecule has 0 radical (unpaired) electrons. The van der Waals surface area contributed by atoms with E-state index in [1.807, 2.05) is 30.3 Å². The van der Waals surface area contributed by atoms with Gasteiger partial charge in [-0.3, -0.25) is 0 Å². The van der Waals surface area contributed by atoms with Gasteiger partial charge in [-0.15, -0.1) is 0 Å². The molecule has 1 aliphatic heterocycles. The first-order valence-electron chi connectivity index (χ1n) is 7.36. The normalized spacial score (nSPS) is 15.4. The summed E-state index contributed by atoms with van der Waals surface area (Å²) in [5, 5.41) is 13.6. The van der Waals surface area contributed by atoms with Crippen LogP contribution < -0.4 is 4.74 Å². The zero-order valence-corrected chi connectivity index (χ0v) is 12.1. The molecule has 0 aliphatic carbocycles. The van der Waals surface area contributed by atoms with Gasteiger partial charge >= 0.3 is 0 Å². The van der Waals surface area contributed by atoms with Gasteiger partial charge in [-0.05, 0) is 29.8 Å². The van der Waals surface area contributed by atoms with Crippen LogP contribution in [0.5, 0.6) is 5.75 Å². The van der Waals surface area contributed by atoms with E-state index >= 15 is 0 Å². The van der Waals surface area contributed by atoms with Gasteiger partial charge in [0.1, 0.15) is 18.1 Å². The fourth-order valence-electron chi connectivity index (χ4n) is 3.01. The highest BCUT2D eigenvalue weighted by Crippen LogP contribution is 2.29. The van der Waals surface area contributed by atoms with Crippen LogP contribution in [-0.4, -0.2) is 15.5 Å². The summed E-state index contributed by atoms with van der Waals surface area (Å²) >= 11 is 0. The Kier molecular flexibility index (Phi) is 3.07. The lowest BCUT2D eigenvalue weighted by molar-refractivity contribution is 0.306. The highest BCUT2D eigenvalue weighted by molar-refractivity contribution is 6.05. The Hall–Kier alpha value is -2.75. The number of nitrogens with zero attached hydrogens (tertiary/aromatic N) is 2. The predicted molar refractivity (Wildman–Crippen MR) is 85.7 cm³/mol. The molecule has 4 nitrogen and oxygen atoms in total. The van der Waals surface area contributed by atoms with Crippen molar-refractivity contribution in [2.75, 3.05) is 0 Å². The van der Waals surface area contributed by atoms with Crippen LogP contribution in [0, 0.1) is 0 Å². The van der Waals surface area contributed by atoms with E-state index in [9.17, 15) is 0 Å². The zero-order chi connectivity index (χ0) is 14.9. The maximum atomic E-state index is 9.05. The van der Waals surface area contributed by atoms with Crippen molar-refractivity contribution < 1.29 is 9.94 Å². The van der Waals surface area contributed by atoms with Crippen molar-refractivity contribution in [2.24, 2.45) is 5.16 Å². The minimum absolute atomic E-state index is 0.559. The molecule has 22 heavy (non-hydrogen) atoms. The van der Waals surface area contributed by atoms with E-state index in [0.717, 1.165) is 46.6 Å². The van der Waals surface area contributed by atoms with Gasteiger partial charge in [0, 0.05) is 23.9 Å². The Morgan fingerprint density at radius 3 is 2.77 bits per heavy atom. The topological polar surface area (TPSA) is 46.8 Å². The van der Waals surface area contributed by atoms with Gasteiger partial charge in [0.05, 0.1) is 5.69 Å². The van der Waals surface area contributed by atoms with Crippen molar-refractivity contribution in [2.45, 2.75) is 19.6 Å². The molecule has 4 heteroatoms. The Bertz CT molecular complexity index is 850. The molecule has 0 spiro atoms. The molecule has 0 unspecified atom stereocenters. The smallest absolute Gasteiger partial charge is 0.120 e. The number of hydrogen-bond donors (Lipinski definition) is 1. The highest BCUT2D eigenvalue weighted by Gasteiger charge is 2.21. The first kappa shape index (κ1) is 13.0. The van der Waals surface area contributed by atoms with E-state index in [-0.39, 0.29) is 0 Å². The van der Waals surface area contributed by atoms with E-state index in [1.165, 1.54) is 0 Å². The fourth-order valence-corrected chi connectivity index (χ4v) is 3.01. The molecule has 2 aromatic carbocycles. The minimum atomic E-state index is 0.559. The van der Waals surface area contributed by atoms with E-state index in [0.29, 0.717) is 6.61 Å². The molecule has 1 aromatic heterocycles. The first-order chi connectivity index (χ1) is 10.8. The summed E-state index contributed by atoms with van der Waals surface area (Å²) in [5.41, 5.74) is 4.05. The standard InChI is InChI=1S/C18H16N2O2/c21-19-16-8-9-20-17-7-6-15(10-14(17)11-18(16)20)22-12-13-4-2-1-3-5-13/h1-7,10-11,21H,8-9,12H2/b19-16+. The van der Waals surface area contributed by atoms with E-state index in [1.54, 1.807) is 0 Å². The fraction of sp³-hybridized carbons (Fsp3) is 0.167. The van der Waals surface area contributed by atoms with Gasteiger partial charge in [0.15, 0.2) is 0 Å². The molecule has 2 heterocycles. The SMILES string of the molecule is O/N=C1\CCn2c1cc1cc(OCc3ccccc3)ccc12. The molecule has 4 rings (SSSR count). The zero-order valence-electron chi connectivity index (χ0n) is 12.1. The average molecular weight is 292 g/mol. The summed E-state index contributed by atoms with van der Waals surface area (Å²) in [6.45, 7) is 1.42. The summed E-state index contributed by atoms with van der Waals surface area (Å²) in [6, 6.07) is 18.3. The number of oxime groups is 1. The van der Waals surface area contributed by atoms with Crippen LogP contribution in [0.15, 0.2) is 59.8 Å². The van der Waals surface area contributed by atoms with Crippen molar-refractivity contribution in [3.63, 3.8) is 0 Å². The van der Waals surface area contributed by atoms with Crippen LogP contribution in [0.4, 0.5) is 0 Å². The second kappa shape index (κ2) is 5.22. The van der Waals surface area contributed by atoms with Gasteiger partial charge in [0.25, 0.3) is 0 Å². The van der Waals surface area contributed by atoms with Gasteiger partial charge in [-0.1, -0.05) is 35.5 Å². The number of hydrogen-bond acceptors (Lipinski definition) is 3. The molecule has 110 valence electrons. The van der Waals surface area contributed by atoms with Crippen LogP contribution in [0.1, 0.15) is 17.7 Å². The predicted octanol–water partition coefficient (Wildman–Crippen LogP) is 3.80. The summed E-state index contributed by atoms with van der Waals surface area (Å²) in [6.07, 6.45) is 0.786. The molecule has 1 aliphatic rings. The molecule has 0 saturated carbocycles. The van der Waals surface area contributed by atoms with Crippen LogP contribution >= 0.6 is 0 Å². The number of aryl methyl sites for hydroxylation is 1. The third-order valence-corrected chi connectivity index (χ3v) is 4.11. The molecule has 0 amide bonds. The number of aromatic nitrogens is 1. The molecule has 0 atom stereocenters. The molecule has 0 fully saturated rings. The second-order valence-electron chi connectivity index (χ2n) is 5.47. The monoisotopic (exact) mass is 292 g/mol. The summed E-state index contributed by atoms with van der Waals surface area (Å²) in [5.74, 6) is 0.850.